The van der Waals surface area contributed by atoms with Gasteiger partial charge >= 0.3 is 0 Å². The summed E-state index contributed by atoms with van der Waals surface area (Å²) in [6.07, 6.45) is 6.28. The highest BCUT2D eigenvalue weighted by molar-refractivity contribution is 5.87. The number of carbonyl (C=O) groups excluding carboxylic acids is 1. The van der Waals surface area contributed by atoms with Gasteiger partial charge in [0.05, 0.1) is 6.04 Å². The molecule has 0 amide bonds. The third kappa shape index (κ3) is 1.08. The maximum Gasteiger partial charge on any atom is 0.151 e. The van der Waals surface area contributed by atoms with E-state index < -0.39 is 0 Å². The number of fused-ring (bicyclic) bond motifs is 3. The van der Waals surface area contributed by atoms with Crippen molar-refractivity contribution in [1.82, 2.24) is 4.90 Å². The lowest BCUT2D eigenvalue weighted by atomic mass is 9.77. The molecule has 3 atom stereocenters. The third-order valence-corrected chi connectivity index (χ3v) is 4.21. The Balaban J connectivity index is 1.85. The first-order chi connectivity index (χ1) is 6.36. The highest BCUT2D eigenvalue weighted by Gasteiger charge is 2.48. The third-order valence-electron chi connectivity index (χ3n) is 4.21. The Kier molecular flexibility index (Phi) is 1.72. The van der Waals surface area contributed by atoms with Gasteiger partial charge in [0.15, 0.2) is 5.78 Å². The van der Waals surface area contributed by atoms with Gasteiger partial charge in [-0.3, -0.25) is 9.69 Å². The van der Waals surface area contributed by atoms with E-state index in [0.29, 0.717) is 11.8 Å². The molecule has 0 aromatic heterocycles. The van der Waals surface area contributed by atoms with Crippen LogP contribution in [-0.2, 0) is 4.79 Å². The van der Waals surface area contributed by atoms with Crippen LogP contribution in [0.2, 0.25) is 0 Å². The van der Waals surface area contributed by atoms with Crippen LogP contribution >= 0.6 is 0 Å². The predicted octanol–water partition coefficient (Wildman–Crippen LogP) is 1.45. The zero-order valence-corrected chi connectivity index (χ0v) is 8.04. The second kappa shape index (κ2) is 2.81. The van der Waals surface area contributed by atoms with Crippen LogP contribution < -0.4 is 0 Å². The molecule has 3 fully saturated rings. The van der Waals surface area contributed by atoms with Gasteiger partial charge in [-0.25, -0.2) is 0 Å². The minimum Gasteiger partial charge on any atom is -0.298 e. The highest BCUT2D eigenvalue weighted by Crippen LogP contribution is 2.42. The second-order valence-electron chi connectivity index (χ2n) is 4.86. The molecular formula is C11H17NO. The molecule has 0 bridgehead atoms. The van der Waals surface area contributed by atoms with Gasteiger partial charge in [-0.2, -0.15) is 0 Å². The number of hydrogen-bond donors (Lipinski definition) is 0. The quantitative estimate of drug-likeness (QED) is 0.561. The molecule has 3 aliphatic rings. The summed E-state index contributed by atoms with van der Waals surface area (Å²) in [5.41, 5.74) is 0. The Labute approximate surface area is 79.3 Å². The van der Waals surface area contributed by atoms with E-state index >= 15 is 0 Å². The first-order valence-corrected chi connectivity index (χ1v) is 5.63. The van der Waals surface area contributed by atoms with Gasteiger partial charge < -0.3 is 0 Å². The summed E-state index contributed by atoms with van der Waals surface area (Å²) >= 11 is 0. The van der Waals surface area contributed by atoms with Crippen molar-refractivity contribution in [3.8, 4) is 0 Å². The van der Waals surface area contributed by atoms with E-state index in [0.717, 1.165) is 24.8 Å². The molecule has 0 N–H and O–H groups in total. The first kappa shape index (κ1) is 7.98. The summed E-state index contributed by atoms with van der Waals surface area (Å²) in [4.78, 5) is 14.1. The van der Waals surface area contributed by atoms with Gasteiger partial charge in [0.25, 0.3) is 0 Å². The Morgan fingerprint density at radius 2 is 2.08 bits per heavy atom. The number of Topliss-reactive ketones (excluding diaryl/α,β-unsaturated/α-hetero) is 1. The summed E-state index contributed by atoms with van der Waals surface area (Å²) in [7, 11) is 0. The Morgan fingerprint density at radius 3 is 3.00 bits per heavy atom. The van der Waals surface area contributed by atoms with Crippen molar-refractivity contribution in [3.63, 3.8) is 0 Å². The maximum atomic E-state index is 11.7. The van der Waals surface area contributed by atoms with E-state index in [1.165, 1.54) is 32.2 Å². The van der Waals surface area contributed by atoms with Gasteiger partial charge in [0.1, 0.15) is 0 Å². The van der Waals surface area contributed by atoms with Crippen LogP contribution in [-0.4, -0.2) is 29.8 Å². The average Bonchev–Trinajstić information content (AvgIpc) is 2.66. The largest absolute Gasteiger partial charge is 0.298 e. The fourth-order valence-electron chi connectivity index (χ4n) is 3.64. The molecule has 2 saturated heterocycles. The van der Waals surface area contributed by atoms with E-state index in [1.807, 2.05) is 0 Å². The van der Waals surface area contributed by atoms with E-state index in [4.69, 9.17) is 0 Å². The second-order valence-corrected chi connectivity index (χ2v) is 4.86. The molecule has 2 heteroatoms. The lowest BCUT2D eigenvalue weighted by Crippen LogP contribution is -2.32. The minimum atomic E-state index is 0.352. The summed E-state index contributed by atoms with van der Waals surface area (Å²) in [5.74, 6) is 2.14. The smallest absolute Gasteiger partial charge is 0.151 e. The summed E-state index contributed by atoms with van der Waals surface area (Å²) in [6.45, 7) is 2.28. The van der Waals surface area contributed by atoms with Gasteiger partial charge in [-0.05, 0) is 24.7 Å². The molecular weight excluding hydrogens is 162 g/mol. The molecule has 2 nitrogen and oxygen atoms in total. The van der Waals surface area contributed by atoms with Crippen molar-refractivity contribution in [1.29, 1.82) is 0 Å². The lowest BCUT2D eigenvalue weighted by Gasteiger charge is -2.26. The topological polar surface area (TPSA) is 20.3 Å². The molecule has 0 aromatic carbocycles. The van der Waals surface area contributed by atoms with Crippen LogP contribution in [0.4, 0.5) is 0 Å². The molecule has 0 radical (unpaired) electrons. The van der Waals surface area contributed by atoms with Crippen LogP contribution in [0, 0.1) is 11.8 Å². The zero-order chi connectivity index (χ0) is 8.84. The van der Waals surface area contributed by atoms with Gasteiger partial charge in [-0.15, -0.1) is 0 Å². The SMILES string of the molecule is O=C1CCN2CC3CCCCC3C12. The molecule has 72 valence electrons. The number of nitrogens with zero attached hydrogens (tertiary/aromatic N) is 1. The standard InChI is InChI=1S/C11H17NO/c13-10-5-6-12-7-8-3-1-2-4-9(8)11(10)12/h8-9,11H,1-7H2. The van der Waals surface area contributed by atoms with Crippen LogP contribution in [0.1, 0.15) is 32.1 Å². The van der Waals surface area contributed by atoms with E-state index in [-0.39, 0.29) is 0 Å². The average molecular weight is 179 g/mol. The number of ketones is 1. The lowest BCUT2D eigenvalue weighted by molar-refractivity contribution is -0.120. The van der Waals surface area contributed by atoms with Crippen LogP contribution in [0.15, 0.2) is 0 Å². The molecule has 3 unspecified atom stereocenters. The molecule has 0 aromatic rings. The molecule has 2 heterocycles. The van der Waals surface area contributed by atoms with E-state index in [1.54, 1.807) is 0 Å². The highest BCUT2D eigenvalue weighted by atomic mass is 16.1. The van der Waals surface area contributed by atoms with Crippen molar-refractivity contribution in [2.45, 2.75) is 38.1 Å². The summed E-state index contributed by atoms with van der Waals surface area (Å²) < 4.78 is 0. The minimum absolute atomic E-state index is 0.352. The van der Waals surface area contributed by atoms with Crippen molar-refractivity contribution in [2.24, 2.45) is 11.8 Å². The Morgan fingerprint density at radius 1 is 1.23 bits per heavy atom. The summed E-state index contributed by atoms with van der Waals surface area (Å²) in [6, 6.07) is 0.352. The fourth-order valence-corrected chi connectivity index (χ4v) is 3.64. The van der Waals surface area contributed by atoms with Crippen LogP contribution in [0.25, 0.3) is 0 Å². The van der Waals surface area contributed by atoms with Crippen molar-refractivity contribution >= 4 is 5.78 Å². The van der Waals surface area contributed by atoms with Gasteiger partial charge in [0, 0.05) is 19.5 Å². The molecule has 3 rings (SSSR count). The Hall–Kier alpha value is -0.370. The number of rotatable bonds is 0. The van der Waals surface area contributed by atoms with Crippen molar-refractivity contribution in [3.05, 3.63) is 0 Å². The number of hydrogen-bond acceptors (Lipinski definition) is 2. The number of carbonyl (C=O) groups is 1. The van der Waals surface area contributed by atoms with Gasteiger partial charge in [0.2, 0.25) is 0 Å². The van der Waals surface area contributed by atoms with Gasteiger partial charge in [-0.1, -0.05) is 12.8 Å². The fraction of sp³-hybridized carbons (Fsp3) is 0.909. The Bertz CT molecular complexity index is 238. The van der Waals surface area contributed by atoms with E-state index in [9.17, 15) is 4.79 Å². The molecule has 1 aliphatic carbocycles. The van der Waals surface area contributed by atoms with Crippen molar-refractivity contribution in [2.75, 3.05) is 13.1 Å². The van der Waals surface area contributed by atoms with Crippen molar-refractivity contribution < 1.29 is 4.79 Å². The molecule has 2 aliphatic heterocycles. The zero-order valence-electron chi connectivity index (χ0n) is 8.04. The van der Waals surface area contributed by atoms with Crippen LogP contribution in [0.5, 0.6) is 0 Å². The molecule has 13 heavy (non-hydrogen) atoms. The summed E-state index contributed by atoms with van der Waals surface area (Å²) in [5, 5.41) is 0. The van der Waals surface area contributed by atoms with E-state index in [2.05, 4.69) is 4.90 Å². The molecule has 0 spiro atoms. The molecule has 1 saturated carbocycles. The predicted molar refractivity (Wildman–Crippen MR) is 50.4 cm³/mol. The maximum absolute atomic E-state index is 11.7. The van der Waals surface area contributed by atoms with Crippen LogP contribution in [0.3, 0.4) is 0 Å². The normalized spacial score (nSPS) is 44.9. The monoisotopic (exact) mass is 179 g/mol. The first-order valence-electron chi connectivity index (χ1n) is 5.63.